The Kier molecular flexibility index (Phi) is 3.16. The second-order valence-electron chi connectivity index (χ2n) is 5.84. The van der Waals surface area contributed by atoms with E-state index in [9.17, 15) is 14.7 Å². The summed E-state index contributed by atoms with van der Waals surface area (Å²) in [6, 6.07) is 6.04. The standard InChI is InChI=1S/C17H15N3O4/c1-9-7-10-3-2-4-11(15(10)24-9)16(21)20-6-5-12-13(19-8-18-12)14(20)17(22)23/h2-4,7-8,14H,5-6H2,1H3,(H,18,19)(H,22,23)/t14-/m0/s1. The molecule has 0 radical (unpaired) electrons. The van der Waals surface area contributed by atoms with E-state index in [-0.39, 0.29) is 5.91 Å². The van der Waals surface area contributed by atoms with Crippen LogP contribution in [0.1, 0.15) is 33.5 Å². The maximum Gasteiger partial charge on any atom is 0.332 e. The van der Waals surface area contributed by atoms with Crippen LogP contribution in [0.25, 0.3) is 11.0 Å². The Bertz CT molecular complexity index is 956. The van der Waals surface area contributed by atoms with E-state index in [1.165, 1.54) is 11.2 Å². The molecule has 3 heterocycles. The number of imidazole rings is 1. The number of rotatable bonds is 2. The third-order valence-corrected chi connectivity index (χ3v) is 4.32. The number of fused-ring (bicyclic) bond motifs is 2. The van der Waals surface area contributed by atoms with Gasteiger partial charge in [0, 0.05) is 24.0 Å². The van der Waals surface area contributed by atoms with Gasteiger partial charge in [-0.1, -0.05) is 12.1 Å². The highest BCUT2D eigenvalue weighted by Gasteiger charge is 2.38. The molecule has 1 aromatic carbocycles. The number of benzene rings is 1. The number of carboxylic acid groups (broad SMARTS) is 1. The number of amides is 1. The van der Waals surface area contributed by atoms with Gasteiger partial charge in [-0.15, -0.1) is 0 Å². The smallest absolute Gasteiger partial charge is 0.332 e. The normalized spacial score (nSPS) is 17.0. The molecule has 0 bridgehead atoms. The number of hydrogen-bond acceptors (Lipinski definition) is 4. The highest BCUT2D eigenvalue weighted by molar-refractivity contribution is 6.06. The Balaban J connectivity index is 1.80. The molecule has 0 aliphatic carbocycles. The van der Waals surface area contributed by atoms with E-state index in [1.54, 1.807) is 12.1 Å². The number of H-pyrrole nitrogens is 1. The molecule has 7 heteroatoms. The fourth-order valence-corrected chi connectivity index (χ4v) is 3.26. The van der Waals surface area contributed by atoms with Gasteiger partial charge in [0.15, 0.2) is 6.04 Å². The van der Waals surface area contributed by atoms with Crippen LogP contribution in [0.4, 0.5) is 0 Å². The molecule has 0 unspecified atom stereocenters. The van der Waals surface area contributed by atoms with Gasteiger partial charge in [-0.2, -0.15) is 0 Å². The molecule has 7 nitrogen and oxygen atoms in total. The summed E-state index contributed by atoms with van der Waals surface area (Å²) in [6.07, 6.45) is 2.00. The van der Waals surface area contributed by atoms with Crippen LogP contribution in [-0.2, 0) is 11.2 Å². The minimum Gasteiger partial charge on any atom is -0.479 e. The Morgan fingerprint density at radius 2 is 2.25 bits per heavy atom. The first-order valence-corrected chi connectivity index (χ1v) is 7.61. The summed E-state index contributed by atoms with van der Waals surface area (Å²) >= 11 is 0. The first kappa shape index (κ1) is 14.5. The molecule has 122 valence electrons. The molecule has 1 atom stereocenters. The van der Waals surface area contributed by atoms with Crippen molar-refractivity contribution in [2.24, 2.45) is 0 Å². The number of aromatic amines is 1. The molecule has 1 aliphatic rings. The summed E-state index contributed by atoms with van der Waals surface area (Å²) in [6.45, 7) is 2.12. The van der Waals surface area contributed by atoms with Crippen LogP contribution in [0, 0.1) is 6.92 Å². The molecular weight excluding hydrogens is 310 g/mol. The van der Waals surface area contributed by atoms with Gasteiger partial charge in [0.2, 0.25) is 0 Å². The van der Waals surface area contributed by atoms with Gasteiger partial charge in [-0.25, -0.2) is 9.78 Å². The highest BCUT2D eigenvalue weighted by Crippen LogP contribution is 2.31. The van der Waals surface area contributed by atoms with Gasteiger partial charge in [0.1, 0.15) is 11.3 Å². The predicted octanol–water partition coefficient (Wildman–Crippen LogP) is 2.29. The molecule has 24 heavy (non-hydrogen) atoms. The average Bonchev–Trinajstić information content (AvgIpc) is 3.17. The summed E-state index contributed by atoms with van der Waals surface area (Å²) in [5.41, 5.74) is 2.01. The largest absolute Gasteiger partial charge is 0.479 e. The van der Waals surface area contributed by atoms with E-state index in [4.69, 9.17) is 4.42 Å². The number of furan rings is 1. The number of carbonyl (C=O) groups is 2. The van der Waals surface area contributed by atoms with Gasteiger partial charge in [0.05, 0.1) is 17.6 Å². The second kappa shape index (κ2) is 5.23. The molecule has 0 saturated carbocycles. The molecule has 1 amide bonds. The molecule has 0 saturated heterocycles. The van der Waals surface area contributed by atoms with Gasteiger partial charge in [-0.05, 0) is 19.1 Å². The lowest BCUT2D eigenvalue weighted by Gasteiger charge is -2.32. The number of hydrogen-bond donors (Lipinski definition) is 2. The first-order valence-electron chi connectivity index (χ1n) is 7.61. The molecule has 4 rings (SSSR count). The summed E-state index contributed by atoms with van der Waals surface area (Å²) < 4.78 is 5.64. The van der Waals surface area contributed by atoms with E-state index < -0.39 is 12.0 Å². The number of aliphatic carboxylic acids is 1. The van der Waals surface area contributed by atoms with Crippen LogP contribution in [-0.4, -0.2) is 38.4 Å². The van der Waals surface area contributed by atoms with Crippen molar-refractivity contribution in [1.29, 1.82) is 0 Å². The van der Waals surface area contributed by atoms with Crippen molar-refractivity contribution in [2.45, 2.75) is 19.4 Å². The average molecular weight is 325 g/mol. The van der Waals surface area contributed by atoms with Gasteiger partial charge in [0.25, 0.3) is 5.91 Å². The minimum atomic E-state index is -1.10. The number of aryl methyl sites for hydroxylation is 1. The molecule has 0 fully saturated rings. The lowest BCUT2D eigenvalue weighted by Crippen LogP contribution is -2.43. The third-order valence-electron chi connectivity index (χ3n) is 4.32. The number of nitrogens with zero attached hydrogens (tertiary/aromatic N) is 2. The van der Waals surface area contributed by atoms with Crippen LogP contribution in [0.5, 0.6) is 0 Å². The Hall–Kier alpha value is -3.09. The van der Waals surface area contributed by atoms with Gasteiger partial charge < -0.3 is 19.4 Å². The van der Waals surface area contributed by atoms with Crippen LogP contribution < -0.4 is 0 Å². The Morgan fingerprint density at radius 3 is 3.04 bits per heavy atom. The lowest BCUT2D eigenvalue weighted by molar-refractivity contribution is -0.143. The zero-order valence-corrected chi connectivity index (χ0v) is 12.9. The summed E-state index contributed by atoms with van der Waals surface area (Å²) in [4.78, 5) is 33.2. The quantitative estimate of drug-likeness (QED) is 0.753. The van der Waals surface area contributed by atoms with E-state index in [2.05, 4.69) is 9.97 Å². The fraction of sp³-hybridized carbons (Fsp3) is 0.235. The number of carbonyl (C=O) groups excluding carboxylic acids is 1. The first-order chi connectivity index (χ1) is 11.6. The number of para-hydroxylation sites is 1. The van der Waals surface area contributed by atoms with E-state index in [0.29, 0.717) is 35.6 Å². The van der Waals surface area contributed by atoms with Crippen molar-refractivity contribution in [3.8, 4) is 0 Å². The Morgan fingerprint density at radius 1 is 1.42 bits per heavy atom. The molecule has 0 spiro atoms. The van der Waals surface area contributed by atoms with Crippen LogP contribution in [0.15, 0.2) is 35.0 Å². The van der Waals surface area contributed by atoms with E-state index in [0.717, 1.165) is 11.1 Å². The predicted molar refractivity (Wildman–Crippen MR) is 84.7 cm³/mol. The molecule has 2 aromatic heterocycles. The Labute approximate surface area is 136 Å². The monoisotopic (exact) mass is 325 g/mol. The molecule has 3 aromatic rings. The number of aromatic nitrogens is 2. The topological polar surface area (TPSA) is 99.4 Å². The van der Waals surface area contributed by atoms with Gasteiger partial charge >= 0.3 is 5.97 Å². The molecular formula is C17H15N3O4. The number of carboxylic acids is 1. The van der Waals surface area contributed by atoms with Crippen LogP contribution >= 0.6 is 0 Å². The van der Waals surface area contributed by atoms with E-state index in [1.807, 2.05) is 19.1 Å². The van der Waals surface area contributed by atoms with Crippen molar-refractivity contribution in [3.63, 3.8) is 0 Å². The number of nitrogens with one attached hydrogen (secondary N) is 1. The highest BCUT2D eigenvalue weighted by atomic mass is 16.4. The van der Waals surface area contributed by atoms with Crippen molar-refractivity contribution >= 4 is 22.8 Å². The van der Waals surface area contributed by atoms with Gasteiger partial charge in [-0.3, -0.25) is 4.79 Å². The zero-order chi connectivity index (χ0) is 16.8. The van der Waals surface area contributed by atoms with Crippen molar-refractivity contribution in [1.82, 2.24) is 14.9 Å². The van der Waals surface area contributed by atoms with Crippen LogP contribution in [0.2, 0.25) is 0 Å². The zero-order valence-electron chi connectivity index (χ0n) is 12.9. The third kappa shape index (κ3) is 2.09. The maximum absolute atomic E-state index is 13.0. The van der Waals surface area contributed by atoms with E-state index >= 15 is 0 Å². The van der Waals surface area contributed by atoms with Crippen LogP contribution in [0.3, 0.4) is 0 Å². The lowest BCUT2D eigenvalue weighted by atomic mass is 10.0. The van der Waals surface area contributed by atoms with Crippen molar-refractivity contribution in [3.05, 3.63) is 53.3 Å². The van der Waals surface area contributed by atoms with Crippen molar-refractivity contribution < 1.29 is 19.1 Å². The maximum atomic E-state index is 13.0. The second-order valence-corrected chi connectivity index (χ2v) is 5.84. The molecule has 2 N–H and O–H groups in total. The van der Waals surface area contributed by atoms with Crippen molar-refractivity contribution in [2.75, 3.05) is 6.54 Å². The molecule has 1 aliphatic heterocycles. The summed E-state index contributed by atoms with van der Waals surface area (Å²) in [5.74, 6) is -0.761. The minimum absolute atomic E-state index is 0.307. The summed E-state index contributed by atoms with van der Waals surface area (Å²) in [7, 11) is 0. The SMILES string of the molecule is Cc1cc2cccc(C(=O)N3CCc4[nH]cnc4[C@H]3C(=O)O)c2o1. The fourth-order valence-electron chi connectivity index (χ4n) is 3.26. The summed E-state index contributed by atoms with van der Waals surface area (Å²) in [5, 5.41) is 10.4.